The van der Waals surface area contributed by atoms with Crippen LogP contribution in [0.3, 0.4) is 0 Å². The van der Waals surface area contributed by atoms with Gasteiger partial charge in [0.15, 0.2) is 0 Å². The van der Waals surface area contributed by atoms with Crippen molar-refractivity contribution in [1.29, 1.82) is 0 Å². The highest BCUT2D eigenvalue weighted by atomic mass is 79.9. The molecule has 0 spiro atoms. The fourth-order valence-electron chi connectivity index (χ4n) is 1.86. The van der Waals surface area contributed by atoms with Gasteiger partial charge in [-0.1, -0.05) is 0 Å². The van der Waals surface area contributed by atoms with Crippen molar-refractivity contribution in [3.8, 4) is 5.69 Å². The minimum Gasteiger partial charge on any atom is -0.322 e. The average Bonchev–Trinajstić information content (AvgIpc) is 3.08. The van der Waals surface area contributed by atoms with Crippen LogP contribution in [0.1, 0.15) is 10.4 Å². The Hall–Kier alpha value is -2.12. The first-order chi connectivity index (χ1) is 10.1. The number of anilines is 1. The molecule has 2 N–H and O–H groups in total. The van der Waals surface area contributed by atoms with Gasteiger partial charge in [-0.05, 0) is 46.3 Å². The number of H-pyrrole nitrogens is 1. The summed E-state index contributed by atoms with van der Waals surface area (Å²) in [7, 11) is 0. The highest BCUT2D eigenvalue weighted by Gasteiger charge is 2.08. The maximum Gasteiger partial charge on any atom is 0.330 e. The summed E-state index contributed by atoms with van der Waals surface area (Å²) in [6.45, 7) is 0. The molecule has 3 rings (SSSR count). The van der Waals surface area contributed by atoms with E-state index >= 15 is 0 Å². The van der Waals surface area contributed by atoms with Crippen LogP contribution in [0.5, 0.6) is 0 Å². The van der Waals surface area contributed by atoms with Crippen LogP contribution in [0.25, 0.3) is 5.69 Å². The number of aromatic nitrogens is 2. The normalized spacial score (nSPS) is 10.5. The van der Waals surface area contributed by atoms with Gasteiger partial charge >= 0.3 is 5.69 Å². The average molecular weight is 364 g/mol. The molecule has 0 fully saturated rings. The lowest BCUT2D eigenvalue weighted by molar-refractivity contribution is 0.102. The summed E-state index contributed by atoms with van der Waals surface area (Å²) < 4.78 is 2.40. The van der Waals surface area contributed by atoms with E-state index in [-0.39, 0.29) is 11.6 Å². The number of amides is 1. The van der Waals surface area contributed by atoms with Gasteiger partial charge in [0.25, 0.3) is 5.91 Å². The van der Waals surface area contributed by atoms with E-state index in [1.807, 2.05) is 0 Å². The topological polar surface area (TPSA) is 66.9 Å². The van der Waals surface area contributed by atoms with Gasteiger partial charge < -0.3 is 10.3 Å². The Balaban J connectivity index is 1.77. The molecule has 0 unspecified atom stereocenters. The van der Waals surface area contributed by atoms with Gasteiger partial charge in [-0.2, -0.15) is 0 Å². The third-order valence-corrected chi connectivity index (χ3v) is 4.39. The molecule has 1 amide bonds. The maximum absolute atomic E-state index is 12.0. The van der Waals surface area contributed by atoms with Crippen molar-refractivity contribution in [1.82, 2.24) is 9.55 Å². The second-order valence-electron chi connectivity index (χ2n) is 4.28. The number of nitrogens with one attached hydrogen (secondary N) is 2. The maximum atomic E-state index is 12.0. The number of hydrogen-bond acceptors (Lipinski definition) is 3. The van der Waals surface area contributed by atoms with Gasteiger partial charge in [-0.15, -0.1) is 11.3 Å². The van der Waals surface area contributed by atoms with Crippen molar-refractivity contribution in [2.24, 2.45) is 0 Å². The van der Waals surface area contributed by atoms with Crippen LogP contribution in [0.15, 0.2) is 56.7 Å². The van der Waals surface area contributed by atoms with Crippen molar-refractivity contribution in [3.05, 3.63) is 67.9 Å². The molecule has 7 heteroatoms. The molecule has 0 saturated heterocycles. The molecular formula is C14H10BrN3O2S. The Morgan fingerprint density at radius 2 is 2.05 bits per heavy atom. The second kappa shape index (κ2) is 5.71. The Morgan fingerprint density at radius 3 is 2.62 bits per heavy atom. The van der Waals surface area contributed by atoms with Gasteiger partial charge in [0.2, 0.25) is 0 Å². The van der Waals surface area contributed by atoms with Crippen LogP contribution >= 0.6 is 27.3 Å². The number of hydrogen-bond donors (Lipinski definition) is 2. The molecule has 0 radical (unpaired) electrons. The monoisotopic (exact) mass is 363 g/mol. The molecular weight excluding hydrogens is 354 g/mol. The van der Waals surface area contributed by atoms with Gasteiger partial charge in [-0.3, -0.25) is 9.36 Å². The lowest BCUT2D eigenvalue weighted by Gasteiger charge is -2.05. The van der Waals surface area contributed by atoms with Gasteiger partial charge in [0.1, 0.15) is 0 Å². The standard InChI is InChI=1S/C14H10BrN3O2S/c15-12-7-9(8-21-12)13(19)17-10-1-3-11(4-2-10)18-6-5-16-14(18)20/h1-8H,(H,16,20)(H,17,19). The lowest BCUT2D eigenvalue weighted by Crippen LogP contribution is -2.14. The zero-order valence-corrected chi connectivity index (χ0v) is 13.1. The molecule has 0 aliphatic carbocycles. The summed E-state index contributed by atoms with van der Waals surface area (Å²) >= 11 is 4.79. The highest BCUT2D eigenvalue weighted by Crippen LogP contribution is 2.21. The van der Waals surface area contributed by atoms with E-state index < -0.39 is 0 Å². The van der Waals surface area contributed by atoms with Crippen LogP contribution in [-0.2, 0) is 0 Å². The highest BCUT2D eigenvalue weighted by molar-refractivity contribution is 9.11. The first kappa shape index (κ1) is 13.8. The third-order valence-electron chi connectivity index (χ3n) is 2.88. The largest absolute Gasteiger partial charge is 0.330 e. The zero-order valence-electron chi connectivity index (χ0n) is 10.7. The van der Waals surface area contributed by atoms with E-state index in [2.05, 4.69) is 26.2 Å². The summed E-state index contributed by atoms with van der Waals surface area (Å²) in [5.41, 5.74) is 1.82. The molecule has 3 aromatic rings. The molecule has 2 heterocycles. The van der Waals surface area contributed by atoms with Crippen LogP contribution in [0.2, 0.25) is 0 Å². The summed E-state index contributed by atoms with van der Waals surface area (Å²) in [5, 5.41) is 4.60. The summed E-state index contributed by atoms with van der Waals surface area (Å²) in [5.74, 6) is -0.163. The first-order valence-corrected chi connectivity index (χ1v) is 7.72. The molecule has 0 aliphatic rings. The molecule has 5 nitrogen and oxygen atoms in total. The molecule has 106 valence electrons. The van der Waals surface area contributed by atoms with Crippen LogP contribution in [0, 0.1) is 0 Å². The third kappa shape index (κ3) is 2.98. The number of nitrogens with zero attached hydrogens (tertiary/aromatic N) is 1. The van der Waals surface area contributed by atoms with Gasteiger partial charge in [-0.25, -0.2) is 4.79 Å². The number of benzene rings is 1. The molecule has 2 aromatic heterocycles. The molecule has 0 aliphatic heterocycles. The lowest BCUT2D eigenvalue weighted by atomic mass is 10.2. The van der Waals surface area contributed by atoms with Crippen molar-refractivity contribution in [2.45, 2.75) is 0 Å². The Kier molecular flexibility index (Phi) is 3.76. The Bertz CT molecular complexity index is 832. The van der Waals surface area contributed by atoms with Gasteiger partial charge in [0, 0.05) is 23.5 Å². The van der Waals surface area contributed by atoms with Crippen LogP contribution < -0.4 is 11.0 Å². The van der Waals surface area contributed by atoms with E-state index in [9.17, 15) is 9.59 Å². The molecule has 0 bridgehead atoms. The smallest absolute Gasteiger partial charge is 0.322 e. The number of imidazole rings is 1. The molecule has 1 aromatic carbocycles. The summed E-state index contributed by atoms with van der Waals surface area (Å²) in [6.07, 6.45) is 3.23. The molecule has 21 heavy (non-hydrogen) atoms. The SMILES string of the molecule is O=C(Nc1ccc(-n2cc[nH]c2=O)cc1)c1csc(Br)c1. The predicted octanol–water partition coefficient (Wildman–Crippen LogP) is 3.24. The Labute approximate surface area is 132 Å². The number of halogens is 1. The number of aromatic amines is 1. The minimum absolute atomic E-state index is 0.163. The fourth-order valence-corrected chi connectivity index (χ4v) is 3.00. The van der Waals surface area contributed by atoms with Crippen molar-refractivity contribution < 1.29 is 4.79 Å². The van der Waals surface area contributed by atoms with E-state index in [1.165, 1.54) is 15.9 Å². The van der Waals surface area contributed by atoms with Crippen LogP contribution in [0.4, 0.5) is 5.69 Å². The van der Waals surface area contributed by atoms with E-state index in [1.54, 1.807) is 48.1 Å². The molecule has 0 saturated carbocycles. The van der Waals surface area contributed by atoms with Crippen molar-refractivity contribution in [3.63, 3.8) is 0 Å². The fraction of sp³-hybridized carbons (Fsp3) is 0. The van der Waals surface area contributed by atoms with E-state index in [0.717, 1.165) is 9.47 Å². The summed E-state index contributed by atoms with van der Waals surface area (Å²) in [6, 6.07) is 8.83. The summed E-state index contributed by atoms with van der Waals surface area (Å²) in [4.78, 5) is 26.1. The number of carbonyl (C=O) groups is 1. The number of carbonyl (C=O) groups excluding carboxylic acids is 1. The quantitative estimate of drug-likeness (QED) is 0.749. The van der Waals surface area contributed by atoms with Crippen LogP contribution in [-0.4, -0.2) is 15.5 Å². The first-order valence-electron chi connectivity index (χ1n) is 6.05. The Morgan fingerprint density at radius 1 is 1.29 bits per heavy atom. The van der Waals surface area contributed by atoms with Crippen molar-refractivity contribution in [2.75, 3.05) is 5.32 Å². The number of thiophene rings is 1. The van der Waals surface area contributed by atoms with Gasteiger partial charge in [0.05, 0.1) is 15.0 Å². The zero-order chi connectivity index (χ0) is 14.8. The second-order valence-corrected chi connectivity index (χ2v) is 6.57. The van der Waals surface area contributed by atoms with E-state index in [4.69, 9.17) is 0 Å². The van der Waals surface area contributed by atoms with Crippen molar-refractivity contribution >= 4 is 38.9 Å². The predicted molar refractivity (Wildman–Crippen MR) is 86.4 cm³/mol. The molecule has 0 atom stereocenters. The minimum atomic E-state index is -0.199. The number of rotatable bonds is 3. The van der Waals surface area contributed by atoms with E-state index in [0.29, 0.717) is 11.3 Å².